The second-order valence-corrected chi connectivity index (χ2v) is 5.53. The summed E-state index contributed by atoms with van der Waals surface area (Å²) in [5.74, 6) is 1.61. The molecule has 0 bridgehead atoms. The first-order valence-corrected chi connectivity index (χ1v) is 7.07. The second-order valence-electron chi connectivity index (χ2n) is 5.53. The van der Waals surface area contributed by atoms with Crippen molar-refractivity contribution in [3.63, 3.8) is 0 Å². The zero-order valence-electron chi connectivity index (χ0n) is 13.1. The fraction of sp³-hybridized carbons (Fsp3) is 0.667. The van der Waals surface area contributed by atoms with Gasteiger partial charge in [0.1, 0.15) is 5.75 Å². The van der Waals surface area contributed by atoms with Crippen LogP contribution in [0.1, 0.15) is 29.7 Å². The highest BCUT2D eigenvalue weighted by atomic mass is 35.5. The Morgan fingerprint density at radius 3 is 2.71 bits per heavy atom. The van der Waals surface area contributed by atoms with Gasteiger partial charge in [-0.15, -0.1) is 24.8 Å². The minimum atomic E-state index is 0. The van der Waals surface area contributed by atoms with Crippen molar-refractivity contribution in [2.75, 3.05) is 26.7 Å². The second kappa shape index (κ2) is 9.46. The van der Waals surface area contributed by atoms with E-state index in [-0.39, 0.29) is 24.8 Å². The first kappa shape index (κ1) is 20.5. The number of hydrogen-bond acceptors (Lipinski definition) is 4. The van der Waals surface area contributed by atoms with Crippen LogP contribution in [0.25, 0.3) is 0 Å². The third-order valence-electron chi connectivity index (χ3n) is 4.06. The van der Waals surface area contributed by atoms with Crippen molar-refractivity contribution in [3.05, 3.63) is 23.0 Å². The van der Waals surface area contributed by atoms with E-state index in [2.05, 4.69) is 16.8 Å². The molecule has 2 heterocycles. The molecule has 2 rings (SSSR count). The minimum absolute atomic E-state index is 0. The summed E-state index contributed by atoms with van der Waals surface area (Å²) < 4.78 is 5.47. The van der Waals surface area contributed by atoms with Gasteiger partial charge in [-0.3, -0.25) is 9.88 Å². The number of pyridine rings is 1. The molecule has 0 amide bonds. The number of ether oxygens (including phenoxy) is 1. The number of methoxy groups -OCH3 is 1. The fourth-order valence-corrected chi connectivity index (χ4v) is 2.93. The van der Waals surface area contributed by atoms with Crippen molar-refractivity contribution in [1.29, 1.82) is 0 Å². The van der Waals surface area contributed by atoms with Crippen LogP contribution in [0.5, 0.6) is 5.75 Å². The molecule has 1 aromatic heterocycles. The monoisotopic (exact) mass is 335 g/mol. The lowest BCUT2D eigenvalue weighted by Gasteiger charge is -2.32. The lowest BCUT2D eigenvalue weighted by molar-refractivity contribution is 0.169. The number of aromatic nitrogens is 1. The van der Waals surface area contributed by atoms with Gasteiger partial charge in [0.25, 0.3) is 0 Å². The SMILES string of the molecule is COc1c(C)cnc(CN2CCCC(CN)C2)c1C.Cl.Cl. The Balaban J connectivity index is 0.00000200. The summed E-state index contributed by atoms with van der Waals surface area (Å²) >= 11 is 0. The summed E-state index contributed by atoms with van der Waals surface area (Å²) in [4.78, 5) is 7.04. The van der Waals surface area contributed by atoms with E-state index < -0.39 is 0 Å². The molecule has 0 spiro atoms. The zero-order chi connectivity index (χ0) is 13.8. The average Bonchev–Trinajstić information content (AvgIpc) is 2.43. The fourth-order valence-electron chi connectivity index (χ4n) is 2.93. The van der Waals surface area contributed by atoms with Gasteiger partial charge in [0.05, 0.1) is 12.8 Å². The van der Waals surface area contributed by atoms with Crippen molar-refractivity contribution >= 4 is 24.8 Å². The van der Waals surface area contributed by atoms with E-state index in [1.807, 2.05) is 13.1 Å². The van der Waals surface area contributed by atoms with E-state index in [1.54, 1.807) is 7.11 Å². The molecule has 1 aromatic rings. The maximum Gasteiger partial charge on any atom is 0.128 e. The first-order valence-electron chi connectivity index (χ1n) is 7.07. The molecular weight excluding hydrogens is 309 g/mol. The molecule has 1 unspecified atom stereocenters. The molecule has 2 N–H and O–H groups in total. The van der Waals surface area contributed by atoms with Gasteiger partial charge in [-0.25, -0.2) is 0 Å². The Morgan fingerprint density at radius 1 is 1.38 bits per heavy atom. The van der Waals surface area contributed by atoms with Gasteiger partial charge in [0, 0.05) is 30.4 Å². The lowest BCUT2D eigenvalue weighted by atomic mass is 9.98. The van der Waals surface area contributed by atoms with E-state index in [0.29, 0.717) is 5.92 Å². The molecule has 4 nitrogen and oxygen atoms in total. The van der Waals surface area contributed by atoms with Gasteiger partial charge >= 0.3 is 0 Å². The average molecular weight is 336 g/mol. The third-order valence-corrected chi connectivity index (χ3v) is 4.06. The smallest absolute Gasteiger partial charge is 0.128 e. The zero-order valence-corrected chi connectivity index (χ0v) is 14.7. The quantitative estimate of drug-likeness (QED) is 0.919. The molecular formula is C15H27Cl2N3O. The standard InChI is InChI=1S/C15H25N3O.2ClH/c1-11-8-17-14(12(2)15(11)19-3)10-18-6-4-5-13(7-16)9-18;;/h8,13H,4-7,9-10,16H2,1-3H3;2*1H. The molecule has 122 valence electrons. The number of likely N-dealkylation sites (tertiary alicyclic amines) is 1. The van der Waals surface area contributed by atoms with Crippen LogP contribution in [0.4, 0.5) is 0 Å². The normalized spacial score (nSPS) is 18.6. The van der Waals surface area contributed by atoms with Crippen LogP contribution < -0.4 is 10.5 Å². The van der Waals surface area contributed by atoms with Crippen molar-refractivity contribution < 1.29 is 4.74 Å². The van der Waals surface area contributed by atoms with Gasteiger partial charge in [0.15, 0.2) is 0 Å². The van der Waals surface area contributed by atoms with Crippen LogP contribution in [0.15, 0.2) is 6.20 Å². The highest BCUT2D eigenvalue weighted by Gasteiger charge is 2.20. The molecule has 1 aliphatic rings. The molecule has 0 aromatic carbocycles. The van der Waals surface area contributed by atoms with Crippen LogP contribution in [0.3, 0.4) is 0 Å². The summed E-state index contributed by atoms with van der Waals surface area (Å²) in [6, 6.07) is 0. The maximum absolute atomic E-state index is 5.79. The Labute approximate surface area is 140 Å². The van der Waals surface area contributed by atoms with Crippen molar-refractivity contribution in [3.8, 4) is 5.75 Å². The van der Waals surface area contributed by atoms with Gasteiger partial charge < -0.3 is 10.5 Å². The molecule has 1 atom stereocenters. The van der Waals surface area contributed by atoms with Crippen LogP contribution >= 0.6 is 24.8 Å². The van der Waals surface area contributed by atoms with Crippen molar-refractivity contribution in [1.82, 2.24) is 9.88 Å². The number of halogens is 2. The molecule has 1 fully saturated rings. The topological polar surface area (TPSA) is 51.4 Å². The van der Waals surface area contributed by atoms with E-state index in [4.69, 9.17) is 10.5 Å². The van der Waals surface area contributed by atoms with E-state index in [1.165, 1.54) is 12.8 Å². The predicted molar refractivity (Wildman–Crippen MR) is 91.8 cm³/mol. The van der Waals surface area contributed by atoms with E-state index >= 15 is 0 Å². The first-order chi connectivity index (χ1) is 9.15. The molecule has 1 aliphatic heterocycles. The van der Waals surface area contributed by atoms with Gasteiger partial charge in [-0.2, -0.15) is 0 Å². The Kier molecular flexibility index (Phi) is 9.22. The number of aryl methyl sites for hydroxylation is 1. The highest BCUT2D eigenvalue weighted by Crippen LogP contribution is 2.26. The summed E-state index contributed by atoms with van der Waals surface area (Å²) in [5, 5.41) is 0. The third kappa shape index (κ3) is 4.99. The molecule has 0 saturated carbocycles. The molecule has 0 radical (unpaired) electrons. The summed E-state index contributed by atoms with van der Waals surface area (Å²) in [7, 11) is 1.73. The summed E-state index contributed by atoms with van der Waals surface area (Å²) in [6.07, 6.45) is 4.41. The van der Waals surface area contributed by atoms with Crippen LogP contribution in [0, 0.1) is 19.8 Å². The molecule has 6 heteroatoms. The van der Waals surface area contributed by atoms with Crippen molar-refractivity contribution in [2.24, 2.45) is 11.7 Å². The minimum Gasteiger partial charge on any atom is -0.496 e. The Hall–Kier alpha value is -0.550. The Bertz CT molecular complexity index is 443. The largest absolute Gasteiger partial charge is 0.496 e. The van der Waals surface area contributed by atoms with Crippen LogP contribution in [-0.4, -0.2) is 36.6 Å². The number of piperidine rings is 1. The number of nitrogens with two attached hydrogens (primary N) is 1. The predicted octanol–water partition coefficient (Wildman–Crippen LogP) is 2.72. The van der Waals surface area contributed by atoms with Crippen molar-refractivity contribution in [2.45, 2.75) is 33.2 Å². The van der Waals surface area contributed by atoms with E-state index in [9.17, 15) is 0 Å². The molecule has 1 saturated heterocycles. The molecule has 21 heavy (non-hydrogen) atoms. The van der Waals surface area contributed by atoms with Crippen LogP contribution in [0.2, 0.25) is 0 Å². The number of rotatable bonds is 4. The summed E-state index contributed by atoms with van der Waals surface area (Å²) in [6.45, 7) is 8.06. The lowest BCUT2D eigenvalue weighted by Crippen LogP contribution is -2.38. The van der Waals surface area contributed by atoms with Crippen LogP contribution in [-0.2, 0) is 6.54 Å². The molecule has 0 aliphatic carbocycles. The number of hydrogen-bond donors (Lipinski definition) is 1. The highest BCUT2D eigenvalue weighted by molar-refractivity contribution is 5.85. The van der Waals surface area contributed by atoms with E-state index in [0.717, 1.165) is 48.7 Å². The van der Waals surface area contributed by atoms with Gasteiger partial charge in [-0.1, -0.05) is 0 Å². The summed E-state index contributed by atoms with van der Waals surface area (Å²) in [5.41, 5.74) is 9.18. The maximum atomic E-state index is 5.79. The Morgan fingerprint density at radius 2 is 2.10 bits per heavy atom. The number of nitrogens with zero attached hydrogens (tertiary/aromatic N) is 2. The van der Waals surface area contributed by atoms with Gasteiger partial charge in [-0.05, 0) is 45.7 Å². The van der Waals surface area contributed by atoms with Gasteiger partial charge in [0.2, 0.25) is 0 Å².